The van der Waals surface area contributed by atoms with Gasteiger partial charge in [-0.15, -0.1) is 0 Å². The van der Waals surface area contributed by atoms with E-state index in [1.54, 1.807) is 11.6 Å². The van der Waals surface area contributed by atoms with Crippen molar-refractivity contribution in [3.8, 4) is 0 Å². The first-order chi connectivity index (χ1) is 8.78. The second-order valence-corrected chi connectivity index (χ2v) is 6.56. The Balaban J connectivity index is 2.73. The highest BCUT2D eigenvalue weighted by atomic mass is 32.2. The highest BCUT2D eigenvalue weighted by Crippen LogP contribution is 2.25. The molecule has 1 aromatic rings. The first-order valence-corrected chi connectivity index (χ1v) is 7.99. The first-order valence-electron chi connectivity index (χ1n) is 6.34. The maximum absolute atomic E-state index is 11.5. The summed E-state index contributed by atoms with van der Waals surface area (Å²) in [5.41, 5.74) is 7.24. The number of sulfonamides is 1. The largest absolute Gasteiger partial charge is 0.394 e. The summed E-state index contributed by atoms with van der Waals surface area (Å²) in [5.74, 6) is 0.682. The number of aryl methyl sites for hydroxylation is 1. The van der Waals surface area contributed by atoms with Crippen LogP contribution in [0.5, 0.6) is 0 Å². The molecule has 0 spiro atoms. The molecule has 0 saturated carbocycles. The van der Waals surface area contributed by atoms with E-state index in [0.717, 1.165) is 5.69 Å². The van der Waals surface area contributed by atoms with Crippen LogP contribution < -0.4 is 15.8 Å². The summed E-state index contributed by atoms with van der Waals surface area (Å²) in [4.78, 5) is 0. The van der Waals surface area contributed by atoms with Crippen LogP contribution in [0.1, 0.15) is 32.5 Å². The van der Waals surface area contributed by atoms with Crippen molar-refractivity contribution in [2.45, 2.75) is 33.7 Å². The molecule has 0 atom stereocenters. The van der Waals surface area contributed by atoms with Crippen LogP contribution in [0.25, 0.3) is 0 Å². The summed E-state index contributed by atoms with van der Waals surface area (Å²) >= 11 is 0. The molecule has 0 fully saturated rings. The minimum absolute atomic E-state index is 0.00258. The molecule has 0 aliphatic heterocycles. The minimum atomic E-state index is -3.22. The van der Waals surface area contributed by atoms with Crippen molar-refractivity contribution >= 4 is 21.5 Å². The van der Waals surface area contributed by atoms with Crippen molar-refractivity contribution in [1.82, 2.24) is 14.5 Å². The maximum atomic E-state index is 11.5. The van der Waals surface area contributed by atoms with Crippen LogP contribution in [0.2, 0.25) is 0 Å². The third kappa shape index (κ3) is 4.10. The number of rotatable bonds is 7. The van der Waals surface area contributed by atoms with E-state index in [4.69, 9.17) is 5.73 Å². The molecule has 8 heteroatoms. The van der Waals surface area contributed by atoms with Crippen LogP contribution in [0, 0.1) is 6.92 Å². The van der Waals surface area contributed by atoms with Crippen molar-refractivity contribution in [2.24, 2.45) is 0 Å². The summed E-state index contributed by atoms with van der Waals surface area (Å²) in [5, 5.41) is 7.38. The van der Waals surface area contributed by atoms with Crippen LogP contribution >= 0.6 is 0 Å². The highest BCUT2D eigenvalue weighted by molar-refractivity contribution is 7.89. The Hall–Kier alpha value is -1.28. The Morgan fingerprint density at radius 1 is 1.42 bits per heavy atom. The number of anilines is 2. The molecule has 0 unspecified atom stereocenters. The predicted molar refractivity (Wildman–Crippen MR) is 77.7 cm³/mol. The normalized spacial score (nSPS) is 12.1. The predicted octanol–water partition coefficient (Wildman–Crippen LogP) is 0.706. The standard InChI is InChI=1S/C11H23N5O2S/c1-5-14-19(17,18)7-6-13-11-10(12)9(4)15-16(11)8(2)3/h8,13-14H,5-7,12H2,1-4H3. The van der Waals surface area contributed by atoms with Gasteiger partial charge in [-0.3, -0.25) is 0 Å². The van der Waals surface area contributed by atoms with Crippen LogP contribution in [-0.2, 0) is 10.0 Å². The van der Waals surface area contributed by atoms with E-state index in [-0.39, 0.29) is 18.3 Å². The molecule has 0 aromatic carbocycles. The average molecular weight is 289 g/mol. The molecule has 1 rings (SSSR count). The van der Waals surface area contributed by atoms with Crippen molar-refractivity contribution in [3.63, 3.8) is 0 Å². The summed E-state index contributed by atoms with van der Waals surface area (Å²) < 4.78 is 27.3. The number of aromatic nitrogens is 2. The molecule has 0 amide bonds. The average Bonchev–Trinajstić information content (AvgIpc) is 2.57. The van der Waals surface area contributed by atoms with E-state index in [0.29, 0.717) is 18.1 Å². The van der Waals surface area contributed by atoms with Gasteiger partial charge in [-0.25, -0.2) is 17.8 Å². The summed E-state index contributed by atoms with van der Waals surface area (Å²) in [6.45, 7) is 8.25. The molecule has 110 valence electrons. The van der Waals surface area contributed by atoms with Crippen LogP contribution in [0.4, 0.5) is 11.5 Å². The number of hydrogen-bond acceptors (Lipinski definition) is 5. The van der Waals surface area contributed by atoms with E-state index in [1.165, 1.54) is 0 Å². The molecule has 0 bridgehead atoms. The van der Waals surface area contributed by atoms with Gasteiger partial charge in [0.1, 0.15) is 5.82 Å². The minimum Gasteiger partial charge on any atom is -0.394 e. The van der Waals surface area contributed by atoms with Gasteiger partial charge in [0.2, 0.25) is 10.0 Å². The smallest absolute Gasteiger partial charge is 0.213 e. The Kier molecular flexibility index (Phi) is 5.19. The van der Waals surface area contributed by atoms with Gasteiger partial charge in [-0.05, 0) is 20.8 Å². The molecule has 0 saturated heterocycles. The molecule has 1 aromatic heterocycles. The second-order valence-electron chi connectivity index (χ2n) is 4.63. The van der Waals surface area contributed by atoms with E-state index in [1.807, 2.05) is 20.8 Å². The van der Waals surface area contributed by atoms with Crippen molar-refractivity contribution < 1.29 is 8.42 Å². The van der Waals surface area contributed by atoms with Crippen LogP contribution in [0.15, 0.2) is 0 Å². The third-order valence-corrected chi connectivity index (χ3v) is 4.12. The van der Waals surface area contributed by atoms with Crippen molar-refractivity contribution in [3.05, 3.63) is 5.69 Å². The highest BCUT2D eigenvalue weighted by Gasteiger charge is 2.15. The molecule has 0 aliphatic carbocycles. The number of nitrogen functional groups attached to an aromatic ring is 1. The zero-order chi connectivity index (χ0) is 14.6. The maximum Gasteiger partial charge on any atom is 0.213 e. The lowest BCUT2D eigenvalue weighted by Crippen LogP contribution is -2.29. The molecule has 7 nitrogen and oxygen atoms in total. The fraction of sp³-hybridized carbons (Fsp3) is 0.727. The van der Waals surface area contributed by atoms with Gasteiger partial charge in [-0.1, -0.05) is 6.92 Å². The Morgan fingerprint density at radius 3 is 2.58 bits per heavy atom. The molecule has 4 N–H and O–H groups in total. The molecule has 0 radical (unpaired) electrons. The number of nitrogens with one attached hydrogen (secondary N) is 2. The van der Waals surface area contributed by atoms with Gasteiger partial charge >= 0.3 is 0 Å². The number of nitrogens with two attached hydrogens (primary N) is 1. The monoisotopic (exact) mass is 289 g/mol. The van der Waals surface area contributed by atoms with E-state index >= 15 is 0 Å². The van der Waals surface area contributed by atoms with Crippen LogP contribution in [-0.4, -0.2) is 37.0 Å². The lowest BCUT2D eigenvalue weighted by atomic mass is 10.3. The van der Waals surface area contributed by atoms with Crippen molar-refractivity contribution in [1.29, 1.82) is 0 Å². The molecular formula is C11H23N5O2S. The van der Waals surface area contributed by atoms with Gasteiger partial charge < -0.3 is 11.1 Å². The fourth-order valence-electron chi connectivity index (χ4n) is 1.71. The fourth-order valence-corrected chi connectivity index (χ4v) is 2.66. The first kappa shape index (κ1) is 15.8. The van der Waals surface area contributed by atoms with Gasteiger partial charge in [0.25, 0.3) is 0 Å². The lowest BCUT2D eigenvalue weighted by Gasteiger charge is -2.13. The van der Waals surface area contributed by atoms with Gasteiger partial charge in [0.05, 0.1) is 17.1 Å². The Bertz CT molecular complexity index is 521. The van der Waals surface area contributed by atoms with E-state index in [9.17, 15) is 8.42 Å². The molecule has 19 heavy (non-hydrogen) atoms. The molecule has 0 aliphatic rings. The zero-order valence-electron chi connectivity index (χ0n) is 11.9. The van der Waals surface area contributed by atoms with Crippen LogP contribution in [0.3, 0.4) is 0 Å². The van der Waals surface area contributed by atoms with Gasteiger partial charge in [0.15, 0.2) is 0 Å². The van der Waals surface area contributed by atoms with Gasteiger partial charge in [0, 0.05) is 19.1 Å². The van der Waals surface area contributed by atoms with E-state index in [2.05, 4.69) is 15.1 Å². The number of hydrogen-bond donors (Lipinski definition) is 3. The summed E-state index contributed by atoms with van der Waals surface area (Å²) in [6.07, 6.45) is 0. The topological polar surface area (TPSA) is 102 Å². The quantitative estimate of drug-likeness (QED) is 0.686. The van der Waals surface area contributed by atoms with E-state index < -0.39 is 10.0 Å². The van der Waals surface area contributed by atoms with Crippen molar-refractivity contribution in [2.75, 3.05) is 29.9 Å². The summed E-state index contributed by atoms with van der Waals surface area (Å²) in [6, 6.07) is 0.156. The SMILES string of the molecule is CCNS(=O)(=O)CCNc1c(N)c(C)nn1C(C)C. The zero-order valence-corrected chi connectivity index (χ0v) is 12.7. The third-order valence-electron chi connectivity index (χ3n) is 2.65. The number of nitrogens with zero attached hydrogens (tertiary/aromatic N) is 2. The lowest BCUT2D eigenvalue weighted by molar-refractivity contribution is 0.534. The Morgan fingerprint density at radius 2 is 2.05 bits per heavy atom. The molecule has 1 heterocycles. The van der Waals surface area contributed by atoms with Gasteiger partial charge in [-0.2, -0.15) is 5.10 Å². The second kappa shape index (κ2) is 6.25. The Labute approximate surface area is 114 Å². The summed E-state index contributed by atoms with van der Waals surface area (Å²) in [7, 11) is -3.22. The molecular weight excluding hydrogens is 266 g/mol.